The van der Waals surface area contributed by atoms with Gasteiger partial charge >= 0.3 is 0 Å². The van der Waals surface area contributed by atoms with Crippen LogP contribution < -0.4 is 10.6 Å². The Hall–Kier alpha value is -3.71. The highest BCUT2D eigenvalue weighted by molar-refractivity contribution is 7.09. The number of aromatic nitrogens is 1. The predicted molar refractivity (Wildman–Crippen MR) is 121 cm³/mol. The van der Waals surface area contributed by atoms with Gasteiger partial charge in [0.1, 0.15) is 0 Å². The fourth-order valence-corrected chi connectivity index (χ4v) is 4.29. The fraction of sp³-hybridized carbons (Fsp3) is 0.0870. The number of hydrogen-bond acceptors (Lipinski definition) is 4. The molecule has 1 aliphatic rings. The first-order valence-corrected chi connectivity index (χ1v) is 10.5. The maximum Gasteiger partial charge on any atom is 0.230 e. The molecule has 0 bridgehead atoms. The van der Waals surface area contributed by atoms with Crippen LogP contribution in [-0.4, -0.2) is 22.5 Å². The summed E-state index contributed by atoms with van der Waals surface area (Å²) in [6, 6.07) is 15.4. The lowest BCUT2D eigenvalue weighted by molar-refractivity contribution is -0.116. The van der Waals surface area contributed by atoms with Gasteiger partial charge in [-0.3, -0.25) is 9.59 Å². The van der Waals surface area contributed by atoms with E-state index in [1.54, 1.807) is 0 Å². The van der Waals surface area contributed by atoms with E-state index in [9.17, 15) is 9.59 Å². The molecule has 1 aliphatic heterocycles. The van der Waals surface area contributed by atoms with E-state index in [4.69, 9.17) is 0 Å². The summed E-state index contributed by atoms with van der Waals surface area (Å²) < 4.78 is 0. The Bertz CT molecular complexity index is 1300. The average molecular weight is 414 g/mol. The minimum atomic E-state index is -0.0995. The molecule has 0 fully saturated rings. The molecule has 2 aromatic carbocycles. The molecule has 30 heavy (non-hydrogen) atoms. The number of carbonyl (C=O) groups is 2. The Kier molecular flexibility index (Phi) is 4.65. The molecule has 0 saturated carbocycles. The number of para-hydroxylation sites is 1. The summed E-state index contributed by atoms with van der Waals surface area (Å²) in [5.41, 5.74) is 5.63. The highest BCUT2D eigenvalue weighted by Gasteiger charge is 2.18. The smallest absolute Gasteiger partial charge is 0.230 e. The van der Waals surface area contributed by atoms with Gasteiger partial charge in [0.05, 0.1) is 29.9 Å². The topological polar surface area (TPSA) is 86.3 Å². The largest absolute Gasteiger partial charge is 0.361 e. The summed E-state index contributed by atoms with van der Waals surface area (Å²) >= 11 is 1.50. The number of benzene rings is 2. The van der Waals surface area contributed by atoms with E-state index in [-0.39, 0.29) is 24.7 Å². The number of aliphatic imine (C=N–C) groups is 1. The molecule has 5 rings (SSSR count). The Morgan fingerprint density at radius 1 is 1.13 bits per heavy atom. The third kappa shape index (κ3) is 3.62. The maximum atomic E-state index is 12.6. The van der Waals surface area contributed by atoms with Crippen LogP contribution in [-0.2, 0) is 16.0 Å². The fourth-order valence-electron chi connectivity index (χ4n) is 3.60. The van der Waals surface area contributed by atoms with E-state index in [0.29, 0.717) is 11.4 Å². The van der Waals surface area contributed by atoms with Crippen molar-refractivity contribution in [3.8, 4) is 0 Å². The van der Waals surface area contributed by atoms with E-state index < -0.39 is 0 Å². The molecule has 0 spiro atoms. The molecule has 0 radical (unpaired) electrons. The molecule has 3 heterocycles. The first-order valence-electron chi connectivity index (χ1n) is 9.54. The van der Waals surface area contributed by atoms with Gasteiger partial charge in [0.25, 0.3) is 0 Å². The third-order valence-electron chi connectivity index (χ3n) is 5.00. The van der Waals surface area contributed by atoms with Gasteiger partial charge in [0.15, 0.2) is 0 Å². The van der Waals surface area contributed by atoms with Crippen LogP contribution in [0.15, 0.2) is 70.5 Å². The van der Waals surface area contributed by atoms with Gasteiger partial charge in [-0.05, 0) is 29.3 Å². The molecule has 2 amide bonds. The van der Waals surface area contributed by atoms with Crippen LogP contribution in [0.25, 0.3) is 10.9 Å². The molecule has 0 aliphatic carbocycles. The normalized spacial score (nSPS) is 13.3. The Morgan fingerprint density at radius 3 is 2.97 bits per heavy atom. The Balaban J connectivity index is 1.36. The molecule has 7 heteroatoms. The number of aromatic amines is 1. The lowest BCUT2D eigenvalue weighted by atomic mass is 10.1. The number of hydrogen-bond donors (Lipinski definition) is 3. The highest BCUT2D eigenvalue weighted by atomic mass is 32.1. The van der Waals surface area contributed by atoms with Crippen molar-refractivity contribution in [2.75, 3.05) is 10.6 Å². The molecular formula is C23H18N4O2S. The Labute approximate surface area is 176 Å². The van der Waals surface area contributed by atoms with E-state index in [1.807, 2.05) is 65.5 Å². The van der Waals surface area contributed by atoms with Gasteiger partial charge in [0.2, 0.25) is 11.8 Å². The van der Waals surface area contributed by atoms with Crippen molar-refractivity contribution >= 4 is 56.8 Å². The number of nitrogens with zero attached hydrogens (tertiary/aromatic N) is 1. The SMILES string of the molecule is O=C(Cc1c[nH]c2ccccc12)Nc1cccc(C2=Nc3cscc3NC(=O)C2)c1. The number of anilines is 2. The molecule has 6 nitrogen and oxygen atoms in total. The van der Waals surface area contributed by atoms with Crippen LogP contribution >= 0.6 is 11.3 Å². The maximum absolute atomic E-state index is 12.6. The molecule has 148 valence electrons. The van der Waals surface area contributed by atoms with Crippen molar-refractivity contribution in [1.82, 2.24) is 4.98 Å². The molecule has 4 aromatic rings. The second kappa shape index (κ2) is 7.61. The van der Waals surface area contributed by atoms with Gasteiger partial charge in [-0.2, -0.15) is 0 Å². The number of amides is 2. The zero-order valence-corrected chi connectivity index (χ0v) is 16.8. The summed E-state index contributed by atoms with van der Waals surface area (Å²) in [4.78, 5) is 32.7. The zero-order chi connectivity index (χ0) is 20.5. The second-order valence-corrected chi connectivity index (χ2v) is 7.86. The number of H-pyrrole nitrogens is 1. The minimum Gasteiger partial charge on any atom is -0.361 e. The monoisotopic (exact) mass is 414 g/mol. The number of nitrogens with one attached hydrogen (secondary N) is 3. The molecule has 2 aromatic heterocycles. The summed E-state index contributed by atoms with van der Waals surface area (Å²) in [5, 5.41) is 10.7. The average Bonchev–Trinajstić information content (AvgIpc) is 3.31. The van der Waals surface area contributed by atoms with Crippen LogP contribution in [0.3, 0.4) is 0 Å². The molecule has 3 N–H and O–H groups in total. The highest BCUT2D eigenvalue weighted by Crippen LogP contribution is 2.32. The summed E-state index contributed by atoms with van der Waals surface area (Å²) in [5.74, 6) is -0.197. The standard InChI is InChI=1S/C23H18N4O2S/c28-22(9-15-11-24-18-7-2-1-6-17(15)18)25-16-5-3-4-14(8-16)19-10-23(29)27-21-13-30-12-20(21)26-19/h1-8,11-13,24H,9-10H2,(H,25,28)(H,27,29). The number of rotatable bonds is 4. The number of carbonyl (C=O) groups excluding carboxylic acids is 2. The number of thiophene rings is 1. The van der Waals surface area contributed by atoms with E-state index in [2.05, 4.69) is 20.6 Å². The van der Waals surface area contributed by atoms with Crippen molar-refractivity contribution in [3.63, 3.8) is 0 Å². The van der Waals surface area contributed by atoms with Crippen LogP contribution in [0.1, 0.15) is 17.5 Å². The van der Waals surface area contributed by atoms with Crippen LogP contribution in [0, 0.1) is 0 Å². The first kappa shape index (κ1) is 18.3. The molecule has 0 unspecified atom stereocenters. The van der Waals surface area contributed by atoms with Crippen LogP contribution in [0.5, 0.6) is 0 Å². The second-order valence-electron chi connectivity index (χ2n) is 7.12. The summed E-state index contributed by atoms with van der Waals surface area (Å²) in [6.45, 7) is 0. The van der Waals surface area contributed by atoms with Crippen molar-refractivity contribution in [1.29, 1.82) is 0 Å². The lowest BCUT2D eigenvalue weighted by Gasteiger charge is -2.09. The summed E-state index contributed by atoms with van der Waals surface area (Å²) in [6.07, 6.45) is 2.33. The van der Waals surface area contributed by atoms with Crippen molar-refractivity contribution in [3.05, 3.63) is 76.6 Å². The van der Waals surface area contributed by atoms with Gasteiger partial charge in [-0.25, -0.2) is 4.99 Å². The van der Waals surface area contributed by atoms with E-state index >= 15 is 0 Å². The molecule has 0 atom stereocenters. The van der Waals surface area contributed by atoms with Gasteiger partial charge in [-0.15, -0.1) is 11.3 Å². The van der Waals surface area contributed by atoms with Gasteiger partial charge in [-0.1, -0.05) is 30.3 Å². The minimum absolute atomic E-state index is 0.0975. The van der Waals surface area contributed by atoms with Crippen LogP contribution in [0.2, 0.25) is 0 Å². The first-order chi connectivity index (χ1) is 14.7. The van der Waals surface area contributed by atoms with E-state index in [0.717, 1.165) is 33.4 Å². The lowest BCUT2D eigenvalue weighted by Crippen LogP contribution is -2.16. The quantitative estimate of drug-likeness (QED) is 0.445. The predicted octanol–water partition coefficient (Wildman–Crippen LogP) is 4.87. The van der Waals surface area contributed by atoms with Gasteiger partial charge < -0.3 is 15.6 Å². The third-order valence-corrected chi connectivity index (χ3v) is 5.74. The molecular weight excluding hydrogens is 396 g/mol. The molecule has 0 saturated heterocycles. The van der Waals surface area contributed by atoms with Crippen molar-refractivity contribution in [2.45, 2.75) is 12.8 Å². The Morgan fingerprint density at radius 2 is 2.03 bits per heavy atom. The number of fused-ring (bicyclic) bond motifs is 2. The zero-order valence-electron chi connectivity index (χ0n) is 15.9. The van der Waals surface area contributed by atoms with Crippen molar-refractivity contribution < 1.29 is 9.59 Å². The summed E-state index contributed by atoms with van der Waals surface area (Å²) in [7, 11) is 0. The van der Waals surface area contributed by atoms with Crippen LogP contribution in [0.4, 0.5) is 17.1 Å². The van der Waals surface area contributed by atoms with Crippen molar-refractivity contribution in [2.24, 2.45) is 4.99 Å². The van der Waals surface area contributed by atoms with Gasteiger partial charge in [0, 0.05) is 33.5 Å². The van der Waals surface area contributed by atoms with E-state index in [1.165, 1.54) is 11.3 Å².